The fraction of sp³-hybridized carbons (Fsp3) is 0.250. The van der Waals surface area contributed by atoms with E-state index in [9.17, 15) is 13.6 Å². The molecule has 1 aliphatic rings. The summed E-state index contributed by atoms with van der Waals surface area (Å²) >= 11 is 1.35. The number of carbonyl (C=O) groups excluding carboxylic acids is 1. The number of alkyl halides is 1. The van der Waals surface area contributed by atoms with Crippen molar-refractivity contribution < 1.29 is 13.6 Å². The Labute approximate surface area is 197 Å². The third-order valence-corrected chi connectivity index (χ3v) is 7.31. The number of nitrogens with zero attached hydrogens (tertiary/aromatic N) is 5. The molecule has 1 aromatic carbocycles. The van der Waals surface area contributed by atoms with Gasteiger partial charge in [0, 0.05) is 30.4 Å². The Kier molecular flexibility index (Phi) is 4.57. The van der Waals surface area contributed by atoms with Crippen LogP contribution in [0.25, 0.3) is 15.7 Å². The van der Waals surface area contributed by atoms with E-state index in [-0.39, 0.29) is 11.4 Å². The average Bonchev–Trinajstić information content (AvgIpc) is 3.54. The molecule has 0 radical (unpaired) electrons. The lowest BCUT2D eigenvalue weighted by molar-refractivity contribution is 0.0692. The highest BCUT2D eigenvalue weighted by molar-refractivity contribution is 7.18. The molecular formula is C24H20F2N6OS. The van der Waals surface area contributed by atoms with Crippen LogP contribution in [0.4, 0.5) is 8.78 Å². The number of thiazole rings is 1. The van der Waals surface area contributed by atoms with Crippen molar-refractivity contribution in [3.8, 4) is 0 Å². The molecule has 0 bridgehead atoms. The SMILES string of the molecule is CC(C)(F)c1ccc2c(C(=O)N3CCc4[nH]cnc4[C@H]3c3nc4c(F)cccc4s3)cnn2c1. The summed E-state index contributed by atoms with van der Waals surface area (Å²) in [6, 6.07) is 7.66. The van der Waals surface area contributed by atoms with Crippen LogP contribution < -0.4 is 0 Å². The summed E-state index contributed by atoms with van der Waals surface area (Å²) < 4.78 is 31.0. The molecule has 0 unspecified atom stereocenters. The van der Waals surface area contributed by atoms with Crippen molar-refractivity contribution in [1.29, 1.82) is 0 Å². The Morgan fingerprint density at radius 2 is 2.12 bits per heavy atom. The fourth-order valence-electron chi connectivity index (χ4n) is 4.45. The van der Waals surface area contributed by atoms with E-state index in [0.717, 1.165) is 5.69 Å². The van der Waals surface area contributed by atoms with Crippen LogP contribution in [0.5, 0.6) is 0 Å². The summed E-state index contributed by atoms with van der Waals surface area (Å²) in [4.78, 5) is 27.7. The van der Waals surface area contributed by atoms with Gasteiger partial charge < -0.3 is 9.88 Å². The number of nitrogens with one attached hydrogen (secondary N) is 1. The molecule has 1 N–H and O–H groups in total. The van der Waals surface area contributed by atoms with Crippen molar-refractivity contribution in [2.45, 2.75) is 32.0 Å². The molecule has 0 saturated carbocycles. The van der Waals surface area contributed by atoms with Crippen LogP contribution in [0.1, 0.15) is 52.2 Å². The van der Waals surface area contributed by atoms with Crippen LogP contribution in [0.15, 0.2) is 49.1 Å². The minimum absolute atomic E-state index is 0.236. The number of amides is 1. The van der Waals surface area contributed by atoms with E-state index in [0.29, 0.717) is 45.0 Å². The second-order valence-corrected chi connectivity index (χ2v) is 9.90. The summed E-state index contributed by atoms with van der Waals surface area (Å²) in [7, 11) is 0. The van der Waals surface area contributed by atoms with Crippen LogP contribution in [-0.4, -0.2) is 41.9 Å². The van der Waals surface area contributed by atoms with Gasteiger partial charge in [-0.1, -0.05) is 12.1 Å². The van der Waals surface area contributed by atoms with Gasteiger partial charge in [0.2, 0.25) is 0 Å². The normalized spacial score (nSPS) is 16.4. The first kappa shape index (κ1) is 20.9. The van der Waals surface area contributed by atoms with Crippen LogP contribution >= 0.6 is 11.3 Å². The molecule has 172 valence electrons. The second-order valence-electron chi connectivity index (χ2n) is 8.83. The Balaban J connectivity index is 1.45. The molecule has 0 aliphatic carbocycles. The summed E-state index contributed by atoms with van der Waals surface area (Å²) in [5.41, 5.74) is 1.85. The van der Waals surface area contributed by atoms with E-state index in [1.165, 1.54) is 42.0 Å². The first-order valence-corrected chi connectivity index (χ1v) is 11.7. The highest BCUT2D eigenvalue weighted by Gasteiger charge is 2.37. The summed E-state index contributed by atoms with van der Waals surface area (Å²) in [5, 5.41) is 4.90. The number of imidazole rings is 1. The minimum atomic E-state index is -1.53. The third kappa shape index (κ3) is 3.20. The van der Waals surface area contributed by atoms with E-state index in [2.05, 4.69) is 20.1 Å². The van der Waals surface area contributed by atoms with Crippen LogP contribution in [0.2, 0.25) is 0 Å². The van der Waals surface area contributed by atoms with Gasteiger partial charge in [0.15, 0.2) is 0 Å². The average molecular weight is 479 g/mol. The van der Waals surface area contributed by atoms with Gasteiger partial charge in [-0.2, -0.15) is 5.10 Å². The Morgan fingerprint density at radius 1 is 1.26 bits per heavy atom. The van der Waals surface area contributed by atoms with E-state index in [4.69, 9.17) is 0 Å². The molecule has 0 spiro atoms. The first-order chi connectivity index (χ1) is 16.3. The van der Waals surface area contributed by atoms with Crippen molar-refractivity contribution in [3.05, 3.63) is 82.4 Å². The molecule has 10 heteroatoms. The molecule has 4 aromatic heterocycles. The van der Waals surface area contributed by atoms with Crippen molar-refractivity contribution in [1.82, 2.24) is 29.5 Å². The zero-order valence-corrected chi connectivity index (χ0v) is 19.2. The minimum Gasteiger partial charge on any atom is -0.348 e. The summed E-state index contributed by atoms with van der Waals surface area (Å²) in [5.74, 6) is -0.634. The van der Waals surface area contributed by atoms with Gasteiger partial charge in [0.05, 0.1) is 34.0 Å². The number of H-pyrrole nitrogens is 1. The maximum atomic E-state index is 14.4. The smallest absolute Gasteiger partial charge is 0.258 e. The number of hydrogen-bond donors (Lipinski definition) is 1. The van der Waals surface area contributed by atoms with E-state index in [1.54, 1.807) is 35.6 Å². The van der Waals surface area contributed by atoms with Crippen molar-refractivity contribution in [3.63, 3.8) is 0 Å². The van der Waals surface area contributed by atoms with Crippen LogP contribution in [0.3, 0.4) is 0 Å². The molecule has 5 aromatic rings. The number of para-hydroxylation sites is 1. The summed E-state index contributed by atoms with van der Waals surface area (Å²) in [6.07, 6.45) is 5.31. The molecule has 1 atom stereocenters. The van der Waals surface area contributed by atoms with E-state index >= 15 is 0 Å². The lowest BCUT2D eigenvalue weighted by atomic mass is 10.0. The summed E-state index contributed by atoms with van der Waals surface area (Å²) in [6.45, 7) is 3.39. The topological polar surface area (TPSA) is 79.2 Å². The van der Waals surface area contributed by atoms with Gasteiger partial charge in [0.25, 0.3) is 5.91 Å². The number of fused-ring (bicyclic) bond motifs is 3. The lowest BCUT2D eigenvalue weighted by Crippen LogP contribution is -2.40. The monoisotopic (exact) mass is 478 g/mol. The quantitative estimate of drug-likeness (QED) is 0.404. The molecule has 6 rings (SSSR count). The predicted molar refractivity (Wildman–Crippen MR) is 124 cm³/mol. The first-order valence-electron chi connectivity index (χ1n) is 10.9. The Hall–Kier alpha value is -3.66. The predicted octanol–water partition coefficient (Wildman–Crippen LogP) is 4.80. The number of aromatic nitrogens is 5. The molecule has 7 nitrogen and oxygen atoms in total. The molecule has 1 amide bonds. The lowest BCUT2D eigenvalue weighted by Gasteiger charge is -2.33. The van der Waals surface area contributed by atoms with Crippen LogP contribution in [0, 0.1) is 5.82 Å². The molecule has 34 heavy (non-hydrogen) atoms. The maximum absolute atomic E-state index is 14.4. The van der Waals surface area contributed by atoms with Gasteiger partial charge in [-0.3, -0.25) is 4.79 Å². The number of rotatable bonds is 3. The number of aromatic amines is 1. The number of carbonyl (C=O) groups is 1. The zero-order chi connectivity index (χ0) is 23.6. The number of benzene rings is 1. The van der Waals surface area contributed by atoms with Crippen LogP contribution in [-0.2, 0) is 12.1 Å². The maximum Gasteiger partial charge on any atom is 0.258 e. The van der Waals surface area contributed by atoms with Gasteiger partial charge in [-0.25, -0.2) is 23.3 Å². The highest BCUT2D eigenvalue weighted by Crippen LogP contribution is 2.39. The fourth-order valence-corrected chi connectivity index (χ4v) is 5.55. The number of hydrogen-bond acceptors (Lipinski definition) is 5. The van der Waals surface area contributed by atoms with Gasteiger partial charge in [-0.05, 0) is 32.0 Å². The van der Waals surface area contributed by atoms with Gasteiger partial charge in [-0.15, -0.1) is 11.3 Å². The number of pyridine rings is 1. The number of halogens is 2. The van der Waals surface area contributed by atoms with Crippen molar-refractivity contribution in [2.75, 3.05) is 6.54 Å². The zero-order valence-electron chi connectivity index (χ0n) is 18.4. The molecular weight excluding hydrogens is 458 g/mol. The Morgan fingerprint density at radius 3 is 2.91 bits per heavy atom. The van der Waals surface area contributed by atoms with Crippen molar-refractivity contribution in [2.24, 2.45) is 0 Å². The van der Waals surface area contributed by atoms with E-state index in [1.807, 2.05) is 6.07 Å². The van der Waals surface area contributed by atoms with Gasteiger partial charge in [0.1, 0.15) is 28.1 Å². The Bertz CT molecular complexity index is 1560. The molecule has 0 fully saturated rings. The van der Waals surface area contributed by atoms with Crippen molar-refractivity contribution >= 4 is 33.0 Å². The molecule has 0 saturated heterocycles. The van der Waals surface area contributed by atoms with E-state index < -0.39 is 17.5 Å². The highest BCUT2D eigenvalue weighted by atomic mass is 32.1. The largest absolute Gasteiger partial charge is 0.348 e. The molecule has 1 aliphatic heterocycles. The van der Waals surface area contributed by atoms with Gasteiger partial charge >= 0.3 is 0 Å². The standard InChI is InChI=1S/C24H20F2N6OS/c1-24(2,26)13-6-7-17-14(10-29-32(17)11-13)23(33)31-9-8-16-20(28-12-27-16)21(31)22-30-19-15(25)4-3-5-18(19)34-22/h3-7,10-12,21H,8-9H2,1-2H3,(H,27,28)/t21-/m0/s1. The second kappa shape index (κ2) is 7.42. The molecule has 5 heterocycles. The third-order valence-electron chi connectivity index (χ3n) is 6.24.